The third-order valence-corrected chi connectivity index (χ3v) is 3.01. The van der Waals surface area contributed by atoms with Crippen molar-refractivity contribution < 1.29 is 24.2 Å². The van der Waals surface area contributed by atoms with Crippen LogP contribution in [0, 0.1) is 5.92 Å². The van der Waals surface area contributed by atoms with E-state index in [1.54, 1.807) is 6.92 Å². The van der Waals surface area contributed by atoms with Gasteiger partial charge in [-0.05, 0) is 0 Å². The fourth-order valence-corrected chi connectivity index (χ4v) is 1.84. The summed E-state index contributed by atoms with van der Waals surface area (Å²) in [7, 11) is 1.35. The van der Waals surface area contributed by atoms with Gasteiger partial charge in [0.1, 0.15) is 6.61 Å². The zero-order chi connectivity index (χ0) is 12.4. The number of hydrogen-bond donors (Lipinski definition) is 1. The number of rotatable bonds is 8. The Morgan fingerprint density at radius 2 is 2.12 bits per heavy atom. The van der Waals surface area contributed by atoms with Crippen LogP contribution in [0.25, 0.3) is 0 Å². The second kappa shape index (κ2) is 9.47. The van der Waals surface area contributed by atoms with E-state index in [2.05, 4.69) is 4.74 Å². The predicted octanol–water partition coefficient (Wildman–Crippen LogP) is 0.454. The van der Waals surface area contributed by atoms with Crippen molar-refractivity contribution in [2.45, 2.75) is 13.3 Å². The monoisotopic (exact) mass is 250 g/mol. The molecule has 0 rings (SSSR count). The highest BCUT2D eigenvalue weighted by Crippen LogP contribution is 2.11. The van der Waals surface area contributed by atoms with Crippen LogP contribution in [0.2, 0.25) is 0 Å². The van der Waals surface area contributed by atoms with Gasteiger partial charge >= 0.3 is 11.9 Å². The molecule has 94 valence electrons. The minimum atomic E-state index is -0.320. The van der Waals surface area contributed by atoms with Crippen LogP contribution in [0.4, 0.5) is 0 Å². The van der Waals surface area contributed by atoms with Crippen LogP contribution >= 0.6 is 11.8 Å². The predicted molar refractivity (Wildman–Crippen MR) is 61.2 cm³/mol. The minimum Gasteiger partial charge on any atom is -0.469 e. The summed E-state index contributed by atoms with van der Waals surface area (Å²) in [6.07, 6.45) is 0.347. The van der Waals surface area contributed by atoms with Crippen molar-refractivity contribution in [3.05, 3.63) is 0 Å². The lowest BCUT2D eigenvalue weighted by Gasteiger charge is -2.09. The lowest BCUT2D eigenvalue weighted by atomic mass is 10.2. The Morgan fingerprint density at radius 3 is 2.69 bits per heavy atom. The lowest BCUT2D eigenvalue weighted by Crippen LogP contribution is -2.19. The highest BCUT2D eigenvalue weighted by Gasteiger charge is 2.14. The Balaban J connectivity index is 3.52. The molecular formula is C10H18O5S. The average Bonchev–Trinajstić information content (AvgIpc) is 2.30. The van der Waals surface area contributed by atoms with Crippen molar-refractivity contribution in [2.75, 3.05) is 31.8 Å². The maximum atomic E-state index is 11.2. The van der Waals surface area contributed by atoms with E-state index >= 15 is 0 Å². The molecular weight excluding hydrogens is 232 g/mol. The van der Waals surface area contributed by atoms with Gasteiger partial charge in [0.15, 0.2) is 0 Å². The Kier molecular flexibility index (Phi) is 9.03. The largest absolute Gasteiger partial charge is 0.469 e. The van der Waals surface area contributed by atoms with Gasteiger partial charge < -0.3 is 14.6 Å². The molecule has 0 saturated carbocycles. The molecule has 1 atom stereocenters. The quantitative estimate of drug-likeness (QED) is 0.498. The van der Waals surface area contributed by atoms with E-state index < -0.39 is 0 Å². The highest BCUT2D eigenvalue weighted by molar-refractivity contribution is 7.99. The number of carbonyl (C=O) groups is 2. The van der Waals surface area contributed by atoms with Crippen LogP contribution in [-0.4, -0.2) is 48.9 Å². The van der Waals surface area contributed by atoms with Crippen molar-refractivity contribution in [1.29, 1.82) is 0 Å². The van der Waals surface area contributed by atoms with E-state index in [-0.39, 0.29) is 31.1 Å². The van der Waals surface area contributed by atoms with E-state index in [1.807, 2.05) is 0 Å². The summed E-state index contributed by atoms with van der Waals surface area (Å²) in [5.74, 6) is 0.433. The Morgan fingerprint density at radius 1 is 1.44 bits per heavy atom. The number of esters is 2. The molecule has 0 spiro atoms. The molecule has 0 aromatic rings. The summed E-state index contributed by atoms with van der Waals surface area (Å²) < 4.78 is 9.24. The zero-order valence-electron chi connectivity index (χ0n) is 9.60. The molecule has 1 unspecified atom stereocenters. The lowest BCUT2D eigenvalue weighted by molar-refractivity contribution is -0.148. The van der Waals surface area contributed by atoms with Gasteiger partial charge in [0, 0.05) is 11.5 Å². The van der Waals surface area contributed by atoms with Gasteiger partial charge in [-0.1, -0.05) is 6.92 Å². The standard InChI is InChI=1S/C10H18O5S/c1-8(10(13)15-5-4-11)7-16-6-3-9(12)14-2/h8,11H,3-7H2,1-2H3. The van der Waals surface area contributed by atoms with E-state index in [0.717, 1.165) is 0 Å². The molecule has 0 saturated heterocycles. The average molecular weight is 250 g/mol. The van der Waals surface area contributed by atoms with Crippen molar-refractivity contribution in [1.82, 2.24) is 0 Å². The van der Waals surface area contributed by atoms with Crippen LogP contribution in [0.1, 0.15) is 13.3 Å². The van der Waals surface area contributed by atoms with E-state index in [9.17, 15) is 9.59 Å². The molecule has 0 bridgehead atoms. The topological polar surface area (TPSA) is 72.8 Å². The zero-order valence-corrected chi connectivity index (χ0v) is 10.4. The smallest absolute Gasteiger partial charge is 0.309 e. The fraction of sp³-hybridized carbons (Fsp3) is 0.800. The molecule has 5 nitrogen and oxygen atoms in total. The van der Waals surface area contributed by atoms with Gasteiger partial charge in [-0.3, -0.25) is 9.59 Å². The van der Waals surface area contributed by atoms with Gasteiger partial charge in [0.2, 0.25) is 0 Å². The third kappa shape index (κ3) is 7.53. The van der Waals surface area contributed by atoms with E-state index in [4.69, 9.17) is 9.84 Å². The SMILES string of the molecule is COC(=O)CCSCC(C)C(=O)OCCO. The summed E-state index contributed by atoms with van der Waals surface area (Å²) in [5, 5.41) is 8.47. The molecule has 6 heteroatoms. The van der Waals surface area contributed by atoms with Gasteiger partial charge in [-0.25, -0.2) is 0 Å². The Hall–Kier alpha value is -0.750. The first-order valence-electron chi connectivity index (χ1n) is 5.03. The molecule has 0 aromatic heterocycles. The number of methoxy groups -OCH3 is 1. The number of ether oxygens (including phenoxy) is 2. The molecule has 0 aliphatic rings. The normalized spacial score (nSPS) is 11.9. The Bertz CT molecular complexity index is 219. The van der Waals surface area contributed by atoms with Gasteiger partial charge in [0.05, 0.1) is 26.1 Å². The van der Waals surface area contributed by atoms with Gasteiger partial charge in [-0.2, -0.15) is 11.8 Å². The molecule has 16 heavy (non-hydrogen) atoms. The maximum Gasteiger partial charge on any atom is 0.309 e. The van der Waals surface area contributed by atoms with Crippen LogP contribution in [-0.2, 0) is 19.1 Å². The molecule has 0 radical (unpaired) electrons. The number of thioether (sulfide) groups is 1. The minimum absolute atomic E-state index is 0.0377. The number of aliphatic hydroxyl groups excluding tert-OH is 1. The van der Waals surface area contributed by atoms with Crippen molar-refractivity contribution >= 4 is 23.7 Å². The molecule has 1 N–H and O–H groups in total. The van der Waals surface area contributed by atoms with Crippen LogP contribution in [0.5, 0.6) is 0 Å². The third-order valence-electron chi connectivity index (χ3n) is 1.78. The van der Waals surface area contributed by atoms with Crippen LogP contribution in [0.3, 0.4) is 0 Å². The second-order valence-corrected chi connectivity index (χ2v) is 4.34. The molecule has 0 aromatic carbocycles. The van der Waals surface area contributed by atoms with Crippen molar-refractivity contribution in [2.24, 2.45) is 5.92 Å². The van der Waals surface area contributed by atoms with Crippen LogP contribution in [0.15, 0.2) is 0 Å². The number of hydrogen-bond acceptors (Lipinski definition) is 6. The molecule has 0 aliphatic heterocycles. The maximum absolute atomic E-state index is 11.2. The first-order valence-corrected chi connectivity index (χ1v) is 6.19. The van der Waals surface area contributed by atoms with Gasteiger partial charge in [0.25, 0.3) is 0 Å². The van der Waals surface area contributed by atoms with Crippen molar-refractivity contribution in [3.63, 3.8) is 0 Å². The second-order valence-electron chi connectivity index (χ2n) is 3.19. The van der Waals surface area contributed by atoms with E-state index in [1.165, 1.54) is 18.9 Å². The molecule has 0 fully saturated rings. The summed E-state index contributed by atoms with van der Waals surface area (Å²) in [6.45, 7) is 1.63. The summed E-state index contributed by atoms with van der Waals surface area (Å²) >= 11 is 1.50. The van der Waals surface area contributed by atoms with E-state index in [0.29, 0.717) is 17.9 Å². The first kappa shape index (κ1) is 15.2. The van der Waals surface area contributed by atoms with Crippen molar-refractivity contribution in [3.8, 4) is 0 Å². The number of carbonyl (C=O) groups excluding carboxylic acids is 2. The van der Waals surface area contributed by atoms with Crippen LogP contribution < -0.4 is 0 Å². The summed E-state index contributed by atoms with van der Waals surface area (Å²) in [4.78, 5) is 22.0. The fourth-order valence-electron chi connectivity index (χ4n) is 0.874. The number of aliphatic hydroxyl groups is 1. The van der Waals surface area contributed by atoms with Gasteiger partial charge in [-0.15, -0.1) is 0 Å². The summed E-state index contributed by atoms with van der Waals surface area (Å²) in [5.41, 5.74) is 0. The molecule has 0 heterocycles. The highest BCUT2D eigenvalue weighted by atomic mass is 32.2. The summed E-state index contributed by atoms with van der Waals surface area (Å²) in [6, 6.07) is 0. The Labute approximate surface area is 99.5 Å². The molecule has 0 amide bonds. The first-order chi connectivity index (χ1) is 7.61. The molecule has 0 aliphatic carbocycles.